The smallest absolute Gasteiger partial charge is 0.206 e. The Morgan fingerprint density at radius 2 is 1.37 bits per heavy atom. The zero-order chi connectivity index (χ0) is 21.9. The van der Waals surface area contributed by atoms with E-state index in [1.165, 1.54) is 6.07 Å². The molecule has 0 spiro atoms. The maximum atomic E-state index is 14.5. The third-order valence-electron chi connectivity index (χ3n) is 4.69. The molecule has 0 nitrogen and oxygen atoms in total. The molecule has 0 unspecified atom stereocenters. The first-order valence-corrected chi connectivity index (χ1v) is 9.33. The largest absolute Gasteiger partial charge is 0.416 e. The molecule has 0 aliphatic carbocycles. The Hall–Kier alpha value is -3.02. The third kappa shape index (κ3) is 4.75. The van der Waals surface area contributed by atoms with Crippen LogP contribution in [0, 0.1) is 5.82 Å². The van der Waals surface area contributed by atoms with Crippen molar-refractivity contribution in [1.82, 2.24) is 0 Å². The summed E-state index contributed by atoms with van der Waals surface area (Å²) >= 11 is 0. The van der Waals surface area contributed by atoms with Crippen LogP contribution in [-0.4, -0.2) is 0 Å². The second-order valence-corrected chi connectivity index (χ2v) is 6.84. The van der Waals surface area contributed by atoms with Gasteiger partial charge in [-0.25, -0.2) is 13.2 Å². The Morgan fingerprint density at radius 3 is 1.90 bits per heavy atom. The third-order valence-corrected chi connectivity index (χ3v) is 4.69. The van der Waals surface area contributed by atoms with Crippen LogP contribution in [0.3, 0.4) is 0 Å². The zero-order valence-electron chi connectivity index (χ0n) is 16.0. The van der Waals surface area contributed by atoms with Crippen LogP contribution in [-0.2, 0) is 12.6 Å². The molecule has 0 saturated heterocycles. The Bertz CT molecular complexity index is 1040. The van der Waals surface area contributed by atoms with Crippen LogP contribution >= 0.6 is 0 Å². The summed E-state index contributed by atoms with van der Waals surface area (Å²) < 4.78 is 81.3. The topological polar surface area (TPSA) is 0 Å². The van der Waals surface area contributed by atoms with Crippen molar-refractivity contribution >= 4 is 11.7 Å². The second kappa shape index (κ2) is 8.78. The minimum absolute atomic E-state index is 0.407. The zero-order valence-corrected chi connectivity index (χ0v) is 16.0. The van der Waals surface area contributed by atoms with E-state index in [0.29, 0.717) is 17.7 Å². The fraction of sp³-hybridized carbons (Fsp3) is 0.167. The van der Waals surface area contributed by atoms with Gasteiger partial charge in [-0.15, -0.1) is 0 Å². The normalized spacial score (nSPS) is 12.6. The molecule has 0 aliphatic rings. The molecule has 0 radical (unpaired) electrons. The Morgan fingerprint density at radius 1 is 0.767 bits per heavy atom. The molecular weight excluding hydrogens is 402 g/mol. The molecule has 0 aliphatic heterocycles. The number of hydrogen-bond acceptors (Lipinski definition) is 0. The monoisotopic (exact) mass is 420 g/mol. The molecule has 0 fully saturated rings. The van der Waals surface area contributed by atoms with Crippen molar-refractivity contribution in [2.75, 3.05) is 0 Å². The maximum Gasteiger partial charge on any atom is 0.416 e. The lowest BCUT2D eigenvalue weighted by Gasteiger charge is -2.09. The first-order valence-electron chi connectivity index (χ1n) is 9.33. The first kappa shape index (κ1) is 21.7. The molecule has 0 saturated carbocycles. The van der Waals surface area contributed by atoms with E-state index in [4.69, 9.17) is 0 Å². The fourth-order valence-electron chi connectivity index (χ4n) is 3.08. The number of aryl methyl sites for hydroxylation is 1. The van der Waals surface area contributed by atoms with Gasteiger partial charge in [-0.1, -0.05) is 55.8 Å². The molecule has 3 aromatic carbocycles. The van der Waals surface area contributed by atoms with Gasteiger partial charge in [-0.05, 0) is 47.4 Å². The molecule has 3 aromatic rings. The lowest BCUT2D eigenvalue weighted by atomic mass is 10.00. The molecule has 0 bridgehead atoms. The van der Waals surface area contributed by atoms with E-state index in [1.807, 2.05) is 24.3 Å². The number of halogens is 6. The van der Waals surface area contributed by atoms with Gasteiger partial charge < -0.3 is 0 Å². The maximum absolute atomic E-state index is 14.5. The van der Waals surface area contributed by atoms with Gasteiger partial charge in [0.25, 0.3) is 0 Å². The van der Waals surface area contributed by atoms with Crippen LogP contribution in [0.25, 0.3) is 22.8 Å². The minimum atomic E-state index is -4.59. The average molecular weight is 420 g/mol. The van der Waals surface area contributed by atoms with E-state index >= 15 is 0 Å². The molecule has 0 atom stereocenters. The van der Waals surface area contributed by atoms with Crippen LogP contribution in [0.4, 0.5) is 26.3 Å². The molecular formula is C24H18F6. The highest BCUT2D eigenvalue weighted by Crippen LogP contribution is 2.34. The summed E-state index contributed by atoms with van der Waals surface area (Å²) in [7, 11) is 0. The molecule has 0 aromatic heterocycles. The van der Waals surface area contributed by atoms with Gasteiger partial charge in [0.05, 0.1) is 5.56 Å². The van der Waals surface area contributed by atoms with E-state index in [2.05, 4.69) is 6.92 Å². The van der Waals surface area contributed by atoms with Gasteiger partial charge in [0.15, 0.2) is 11.7 Å². The summed E-state index contributed by atoms with van der Waals surface area (Å²) in [5, 5.41) is 0. The quantitative estimate of drug-likeness (QED) is 0.288. The van der Waals surface area contributed by atoms with Gasteiger partial charge >= 0.3 is 6.18 Å². The van der Waals surface area contributed by atoms with E-state index in [0.717, 1.165) is 48.2 Å². The summed E-state index contributed by atoms with van der Waals surface area (Å²) in [6.45, 7) is 2.06. The van der Waals surface area contributed by atoms with Crippen LogP contribution in [0.5, 0.6) is 0 Å². The lowest BCUT2D eigenvalue weighted by Crippen LogP contribution is -2.04. The standard InChI is InChI=1S/C24H18F6/c1-2-3-15-4-6-16(7-5-15)18-10-13-20(21(25)14-18)23(27)22(26)17-8-11-19(12-9-17)24(28,29)30/h4-14H,2-3H2,1H3/b23-22+. The summed E-state index contributed by atoms with van der Waals surface area (Å²) in [6, 6.07) is 14.1. The second-order valence-electron chi connectivity index (χ2n) is 6.84. The van der Waals surface area contributed by atoms with Crippen molar-refractivity contribution in [3.05, 3.63) is 94.8 Å². The molecule has 3 rings (SSSR count). The van der Waals surface area contributed by atoms with Crippen LogP contribution in [0.1, 0.15) is 35.6 Å². The Labute approximate surface area is 170 Å². The van der Waals surface area contributed by atoms with Crippen molar-refractivity contribution in [2.45, 2.75) is 25.9 Å². The molecule has 30 heavy (non-hydrogen) atoms. The van der Waals surface area contributed by atoms with Gasteiger partial charge in [-0.2, -0.15) is 13.2 Å². The van der Waals surface area contributed by atoms with Gasteiger partial charge in [0.2, 0.25) is 0 Å². The Balaban J connectivity index is 1.89. The Kier molecular flexibility index (Phi) is 6.34. The molecule has 156 valence electrons. The van der Waals surface area contributed by atoms with E-state index in [-0.39, 0.29) is 0 Å². The predicted octanol–water partition coefficient (Wildman–Crippen LogP) is 8.23. The van der Waals surface area contributed by atoms with E-state index in [1.54, 1.807) is 0 Å². The van der Waals surface area contributed by atoms with Crippen molar-refractivity contribution in [2.24, 2.45) is 0 Å². The fourth-order valence-corrected chi connectivity index (χ4v) is 3.08. The van der Waals surface area contributed by atoms with Gasteiger partial charge in [0, 0.05) is 11.1 Å². The number of benzene rings is 3. The minimum Gasteiger partial charge on any atom is -0.206 e. The predicted molar refractivity (Wildman–Crippen MR) is 106 cm³/mol. The van der Waals surface area contributed by atoms with E-state index < -0.39 is 40.3 Å². The molecule has 0 N–H and O–H groups in total. The molecule has 6 heteroatoms. The van der Waals surface area contributed by atoms with Crippen molar-refractivity contribution in [1.29, 1.82) is 0 Å². The number of alkyl halides is 3. The summed E-state index contributed by atoms with van der Waals surface area (Å²) in [5.41, 5.74) is 0.384. The first-order chi connectivity index (χ1) is 14.2. The van der Waals surface area contributed by atoms with Crippen molar-refractivity contribution < 1.29 is 26.3 Å². The summed E-state index contributed by atoms with van der Waals surface area (Å²) in [6.07, 6.45) is -2.67. The van der Waals surface area contributed by atoms with Crippen LogP contribution in [0.2, 0.25) is 0 Å². The average Bonchev–Trinajstić information content (AvgIpc) is 2.73. The SMILES string of the molecule is CCCc1ccc(-c2ccc(/C(F)=C(\F)c3ccc(C(F)(F)F)cc3)c(F)c2)cc1. The van der Waals surface area contributed by atoms with Crippen LogP contribution < -0.4 is 0 Å². The number of rotatable bonds is 5. The summed E-state index contributed by atoms with van der Waals surface area (Å²) in [4.78, 5) is 0. The molecule has 0 amide bonds. The summed E-state index contributed by atoms with van der Waals surface area (Å²) in [5.74, 6) is -3.87. The highest BCUT2D eigenvalue weighted by molar-refractivity contribution is 5.84. The number of hydrogen-bond donors (Lipinski definition) is 0. The van der Waals surface area contributed by atoms with Gasteiger partial charge in [-0.3, -0.25) is 0 Å². The highest BCUT2D eigenvalue weighted by atomic mass is 19.4. The molecule has 0 heterocycles. The van der Waals surface area contributed by atoms with Crippen molar-refractivity contribution in [3.63, 3.8) is 0 Å². The highest BCUT2D eigenvalue weighted by Gasteiger charge is 2.30. The van der Waals surface area contributed by atoms with E-state index in [9.17, 15) is 26.3 Å². The van der Waals surface area contributed by atoms with Crippen LogP contribution in [0.15, 0.2) is 66.7 Å². The van der Waals surface area contributed by atoms with Gasteiger partial charge in [0.1, 0.15) is 5.82 Å². The van der Waals surface area contributed by atoms with Crippen molar-refractivity contribution in [3.8, 4) is 11.1 Å². The lowest BCUT2D eigenvalue weighted by molar-refractivity contribution is -0.137.